The van der Waals surface area contributed by atoms with E-state index in [-0.39, 0.29) is 11.5 Å². The van der Waals surface area contributed by atoms with Crippen molar-refractivity contribution >= 4 is 43.5 Å². The van der Waals surface area contributed by atoms with Crippen molar-refractivity contribution in [2.45, 2.75) is 6.92 Å². The fraction of sp³-hybridized carbons (Fsp3) is 0.0714. The molecule has 1 N–H and O–H groups in total. The van der Waals surface area contributed by atoms with Crippen LogP contribution in [0, 0.1) is 12.7 Å². The molecule has 2 rings (SSSR count). The van der Waals surface area contributed by atoms with Gasteiger partial charge in [-0.15, -0.1) is 0 Å². The first-order valence-corrected chi connectivity index (χ1v) is 7.08. The highest BCUT2D eigenvalue weighted by Gasteiger charge is 2.10. The number of carbonyl (C=O) groups excluding carboxylic acids is 1. The maximum atomic E-state index is 13.4. The molecule has 0 unspecified atom stereocenters. The summed E-state index contributed by atoms with van der Waals surface area (Å²) in [5.41, 5.74) is 2.01. The van der Waals surface area contributed by atoms with E-state index < -0.39 is 5.82 Å². The normalized spacial score (nSPS) is 10.3. The molecule has 0 heterocycles. The highest BCUT2D eigenvalue weighted by Crippen LogP contribution is 2.24. The molecule has 19 heavy (non-hydrogen) atoms. The predicted octanol–water partition coefficient (Wildman–Crippen LogP) is 4.91. The van der Waals surface area contributed by atoms with E-state index in [0.717, 1.165) is 10.0 Å². The van der Waals surface area contributed by atoms with Gasteiger partial charge in [0.05, 0.1) is 10.2 Å². The van der Waals surface area contributed by atoms with E-state index in [1.165, 1.54) is 12.1 Å². The van der Waals surface area contributed by atoms with Crippen LogP contribution in [0.5, 0.6) is 0 Å². The zero-order chi connectivity index (χ0) is 14.0. The van der Waals surface area contributed by atoms with Gasteiger partial charge in [0.1, 0.15) is 5.82 Å². The quantitative estimate of drug-likeness (QED) is 0.780. The molecule has 0 aliphatic carbocycles. The van der Waals surface area contributed by atoms with Gasteiger partial charge in [-0.3, -0.25) is 4.79 Å². The standard InChI is InChI=1S/C14H10Br2FNO/c1-8-2-5-13(11(16)6-8)18-14(19)9-3-4-10(15)12(17)7-9/h2-7H,1H3,(H,18,19). The first-order chi connectivity index (χ1) is 8.97. The van der Waals surface area contributed by atoms with Crippen LogP contribution in [0.25, 0.3) is 0 Å². The number of benzene rings is 2. The van der Waals surface area contributed by atoms with E-state index in [1.54, 1.807) is 12.1 Å². The van der Waals surface area contributed by atoms with Gasteiger partial charge in [-0.1, -0.05) is 6.07 Å². The number of nitrogens with one attached hydrogen (secondary N) is 1. The average molecular weight is 387 g/mol. The van der Waals surface area contributed by atoms with E-state index >= 15 is 0 Å². The Labute approximate surface area is 127 Å². The van der Waals surface area contributed by atoms with Crippen LogP contribution in [0.15, 0.2) is 45.3 Å². The minimum atomic E-state index is -0.462. The van der Waals surface area contributed by atoms with E-state index in [1.807, 2.05) is 19.1 Å². The van der Waals surface area contributed by atoms with Crippen LogP contribution in [0.4, 0.5) is 10.1 Å². The molecule has 0 aliphatic rings. The topological polar surface area (TPSA) is 29.1 Å². The molecule has 0 bridgehead atoms. The van der Waals surface area contributed by atoms with Gasteiger partial charge < -0.3 is 5.32 Å². The van der Waals surface area contributed by atoms with Crippen LogP contribution in [0.3, 0.4) is 0 Å². The third-order valence-corrected chi connectivity index (χ3v) is 3.85. The number of aryl methyl sites for hydroxylation is 1. The summed E-state index contributed by atoms with van der Waals surface area (Å²) in [4.78, 5) is 12.0. The summed E-state index contributed by atoms with van der Waals surface area (Å²) in [6, 6.07) is 9.85. The Hall–Kier alpha value is -1.20. The van der Waals surface area contributed by atoms with Gasteiger partial charge in [0.25, 0.3) is 5.91 Å². The number of hydrogen-bond donors (Lipinski definition) is 1. The molecular weight excluding hydrogens is 377 g/mol. The molecule has 0 saturated carbocycles. The first-order valence-electron chi connectivity index (χ1n) is 5.50. The van der Waals surface area contributed by atoms with Crippen LogP contribution >= 0.6 is 31.9 Å². The van der Waals surface area contributed by atoms with Crippen LogP contribution in [0.1, 0.15) is 15.9 Å². The van der Waals surface area contributed by atoms with E-state index in [0.29, 0.717) is 10.2 Å². The molecule has 2 nitrogen and oxygen atoms in total. The van der Waals surface area contributed by atoms with Crippen LogP contribution in [-0.2, 0) is 0 Å². The van der Waals surface area contributed by atoms with Gasteiger partial charge in [0, 0.05) is 10.0 Å². The lowest BCUT2D eigenvalue weighted by molar-refractivity contribution is 0.102. The molecule has 2 aromatic rings. The van der Waals surface area contributed by atoms with Gasteiger partial charge >= 0.3 is 0 Å². The summed E-state index contributed by atoms with van der Waals surface area (Å²) in [5, 5.41) is 2.73. The molecule has 0 radical (unpaired) electrons. The largest absolute Gasteiger partial charge is 0.321 e. The smallest absolute Gasteiger partial charge is 0.255 e. The summed E-state index contributed by atoms with van der Waals surface area (Å²) in [5.74, 6) is -0.813. The number of amides is 1. The number of rotatable bonds is 2. The van der Waals surface area contributed by atoms with Crippen molar-refractivity contribution < 1.29 is 9.18 Å². The van der Waals surface area contributed by atoms with Gasteiger partial charge in [-0.05, 0) is 74.7 Å². The SMILES string of the molecule is Cc1ccc(NC(=O)c2ccc(Br)c(F)c2)c(Br)c1. The molecule has 98 valence electrons. The van der Waals surface area contributed by atoms with Crippen molar-refractivity contribution in [2.24, 2.45) is 0 Å². The van der Waals surface area contributed by atoms with Crippen molar-refractivity contribution in [3.05, 3.63) is 62.3 Å². The molecule has 0 aromatic heterocycles. The molecular formula is C14H10Br2FNO. The van der Waals surface area contributed by atoms with Crippen LogP contribution in [-0.4, -0.2) is 5.91 Å². The van der Waals surface area contributed by atoms with Crippen LogP contribution < -0.4 is 5.32 Å². The second kappa shape index (κ2) is 5.84. The summed E-state index contributed by atoms with van der Waals surface area (Å²) in [7, 11) is 0. The molecule has 0 atom stereocenters. The number of hydrogen-bond acceptors (Lipinski definition) is 1. The third-order valence-electron chi connectivity index (χ3n) is 2.55. The Morgan fingerprint density at radius 3 is 2.47 bits per heavy atom. The fourth-order valence-corrected chi connectivity index (χ4v) is 2.39. The highest BCUT2D eigenvalue weighted by molar-refractivity contribution is 9.10. The monoisotopic (exact) mass is 385 g/mol. The van der Waals surface area contributed by atoms with Gasteiger partial charge in [0.15, 0.2) is 0 Å². The molecule has 0 spiro atoms. The number of anilines is 1. The molecule has 1 amide bonds. The predicted molar refractivity (Wildman–Crippen MR) is 80.9 cm³/mol. The molecule has 2 aromatic carbocycles. The summed E-state index contributed by atoms with van der Waals surface area (Å²) in [6.07, 6.45) is 0. The van der Waals surface area contributed by atoms with Crippen LogP contribution in [0.2, 0.25) is 0 Å². The molecule has 0 saturated heterocycles. The third kappa shape index (κ3) is 3.42. The van der Waals surface area contributed by atoms with Crippen molar-refractivity contribution in [1.82, 2.24) is 0 Å². The van der Waals surface area contributed by atoms with E-state index in [2.05, 4.69) is 37.2 Å². The minimum absolute atomic E-state index is 0.271. The maximum Gasteiger partial charge on any atom is 0.255 e. The Morgan fingerprint density at radius 2 is 1.84 bits per heavy atom. The lowest BCUT2D eigenvalue weighted by Crippen LogP contribution is -2.12. The fourth-order valence-electron chi connectivity index (χ4n) is 1.55. The second-order valence-corrected chi connectivity index (χ2v) is 5.77. The van der Waals surface area contributed by atoms with Crippen molar-refractivity contribution in [3.63, 3.8) is 0 Å². The lowest BCUT2D eigenvalue weighted by Gasteiger charge is -2.08. The van der Waals surface area contributed by atoms with E-state index in [9.17, 15) is 9.18 Å². The molecule has 5 heteroatoms. The summed E-state index contributed by atoms with van der Waals surface area (Å²) >= 11 is 6.43. The maximum absolute atomic E-state index is 13.4. The van der Waals surface area contributed by atoms with Crippen molar-refractivity contribution in [1.29, 1.82) is 0 Å². The molecule has 0 aliphatic heterocycles. The summed E-state index contributed by atoms with van der Waals surface area (Å²) in [6.45, 7) is 1.96. The Balaban J connectivity index is 2.23. The van der Waals surface area contributed by atoms with Crippen molar-refractivity contribution in [3.8, 4) is 0 Å². The van der Waals surface area contributed by atoms with Gasteiger partial charge in [-0.25, -0.2) is 4.39 Å². The highest BCUT2D eigenvalue weighted by atomic mass is 79.9. The number of carbonyl (C=O) groups is 1. The second-order valence-electron chi connectivity index (χ2n) is 4.07. The van der Waals surface area contributed by atoms with Crippen molar-refractivity contribution in [2.75, 3.05) is 5.32 Å². The zero-order valence-electron chi connectivity index (χ0n) is 10.0. The van der Waals surface area contributed by atoms with Gasteiger partial charge in [-0.2, -0.15) is 0 Å². The Morgan fingerprint density at radius 1 is 1.11 bits per heavy atom. The Bertz CT molecular complexity index is 643. The minimum Gasteiger partial charge on any atom is -0.321 e. The Kier molecular flexibility index (Phi) is 4.37. The molecule has 0 fully saturated rings. The average Bonchev–Trinajstić information content (AvgIpc) is 2.36. The zero-order valence-corrected chi connectivity index (χ0v) is 13.2. The van der Waals surface area contributed by atoms with E-state index in [4.69, 9.17) is 0 Å². The van der Waals surface area contributed by atoms with Gasteiger partial charge in [0.2, 0.25) is 0 Å². The lowest BCUT2D eigenvalue weighted by atomic mass is 10.2. The first kappa shape index (κ1) is 14.2. The summed E-state index contributed by atoms with van der Waals surface area (Å²) < 4.78 is 14.5. The number of halogens is 3.